The summed E-state index contributed by atoms with van der Waals surface area (Å²) in [6.45, 7) is 5.86. The molecule has 0 saturated heterocycles. The molecule has 1 rings (SSSR count). The van der Waals surface area contributed by atoms with Crippen LogP contribution < -0.4 is 4.90 Å². The zero-order chi connectivity index (χ0) is 12.7. The maximum absolute atomic E-state index is 9.14. The fraction of sp³-hybridized carbons (Fsp3) is 0.615. The number of hydrogen-bond donors (Lipinski definition) is 1. The SMILES string of the molecule is CCC(C)N(CCOC)c1cc(CO)ccn1. The molecule has 0 aliphatic heterocycles. The largest absolute Gasteiger partial charge is 0.392 e. The molecular formula is C13H22N2O2. The van der Waals surface area contributed by atoms with Crippen molar-refractivity contribution in [3.05, 3.63) is 23.9 Å². The molecule has 4 nitrogen and oxygen atoms in total. The van der Waals surface area contributed by atoms with Gasteiger partial charge >= 0.3 is 0 Å². The number of pyridine rings is 1. The zero-order valence-corrected chi connectivity index (χ0v) is 10.9. The standard InChI is InChI=1S/C13H22N2O2/c1-4-11(2)15(7-8-17-3)13-9-12(10-16)5-6-14-13/h5-6,9,11,16H,4,7-8,10H2,1-3H3. The third-order valence-electron chi connectivity index (χ3n) is 2.95. The summed E-state index contributed by atoms with van der Waals surface area (Å²) in [6, 6.07) is 4.17. The molecule has 0 saturated carbocycles. The highest BCUT2D eigenvalue weighted by atomic mass is 16.5. The van der Waals surface area contributed by atoms with Crippen molar-refractivity contribution >= 4 is 5.82 Å². The number of ether oxygens (including phenoxy) is 1. The van der Waals surface area contributed by atoms with Gasteiger partial charge in [0, 0.05) is 25.9 Å². The Kier molecular flexibility index (Phi) is 5.94. The second-order valence-corrected chi connectivity index (χ2v) is 4.12. The fourth-order valence-corrected chi connectivity index (χ4v) is 1.69. The Morgan fingerprint density at radius 2 is 2.29 bits per heavy atom. The summed E-state index contributed by atoms with van der Waals surface area (Å²) in [5, 5.41) is 9.14. The summed E-state index contributed by atoms with van der Waals surface area (Å²) < 4.78 is 5.13. The molecule has 1 atom stereocenters. The first-order chi connectivity index (χ1) is 8.22. The van der Waals surface area contributed by atoms with Crippen molar-refractivity contribution in [2.24, 2.45) is 0 Å². The number of anilines is 1. The van der Waals surface area contributed by atoms with Gasteiger partial charge in [-0.05, 0) is 31.0 Å². The number of hydrogen-bond acceptors (Lipinski definition) is 4. The van der Waals surface area contributed by atoms with Gasteiger partial charge in [0.05, 0.1) is 13.2 Å². The molecular weight excluding hydrogens is 216 g/mol. The van der Waals surface area contributed by atoms with Gasteiger partial charge < -0.3 is 14.7 Å². The highest BCUT2D eigenvalue weighted by Gasteiger charge is 2.14. The Hall–Kier alpha value is -1.13. The molecule has 0 fully saturated rings. The lowest BCUT2D eigenvalue weighted by atomic mass is 10.2. The summed E-state index contributed by atoms with van der Waals surface area (Å²) >= 11 is 0. The molecule has 1 aromatic heterocycles. The number of nitrogens with zero attached hydrogens (tertiary/aromatic N) is 2. The van der Waals surface area contributed by atoms with Crippen molar-refractivity contribution in [1.29, 1.82) is 0 Å². The summed E-state index contributed by atoms with van der Waals surface area (Å²) in [5.41, 5.74) is 0.890. The molecule has 1 aromatic rings. The van der Waals surface area contributed by atoms with E-state index in [-0.39, 0.29) is 6.61 Å². The van der Waals surface area contributed by atoms with E-state index in [0.717, 1.165) is 24.3 Å². The monoisotopic (exact) mass is 238 g/mol. The molecule has 4 heteroatoms. The summed E-state index contributed by atoms with van der Waals surface area (Å²) in [4.78, 5) is 6.58. The minimum absolute atomic E-state index is 0.0497. The van der Waals surface area contributed by atoms with Gasteiger partial charge in [0.25, 0.3) is 0 Å². The first-order valence-electron chi connectivity index (χ1n) is 6.04. The van der Waals surface area contributed by atoms with E-state index in [1.165, 1.54) is 0 Å². The van der Waals surface area contributed by atoms with Crippen LogP contribution in [0.5, 0.6) is 0 Å². The third-order valence-corrected chi connectivity index (χ3v) is 2.95. The van der Waals surface area contributed by atoms with Crippen molar-refractivity contribution in [1.82, 2.24) is 4.98 Å². The van der Waals surface area contributed by atoms with Gasteiger partial charge in [0.15, 0.2) is 0 Å². The molecule has 17 heavy (non-hydrogen) atoms. The van der Waals surface area contributed by atoms with Gasteiger partial charge in [-0.25, -0.2) is 4.98 Å². The number of aliphatic hydroxyl groups is 1. The van der Waals surface area contributed by atoms with Crippen LogP contribution in [-0.2, 0) is 11.3 Å². The number of aliphatic hydroxyl groups excluding tert-OH is 1. The average Bonchev–Trinajstić information content (AvgIpc) is 2.39. The van der Waals surface area contributed by atoms with Gasteiger partial charge in [-0.1, -0.05) is 6.92 Å². The third kappa shape index (κ3) is 3.98. The van der Waals surface area contributed by atoms with Crippen molar-refractivity contribution in [2.45, 2.75) is 32.9 Å². The molecule has 1 N–H and O–H groups in total. The van der Waals surface area contributed by atoms with E-state index in [2.05, 4.69) is 23.7 Å². The van der Waals surface area contributed by atoms with Gasteiger partial charge in [0.1, 0.15) is 5.82 Å². The predicted octanol–water partition coefficient (Wildman–Crippen LogP) is 1.83. The van der Waals surface area contributed by atoms with E-state index in [1.807, 2.05) is 12.1 Å². The Morgan fingerprint density at radius 1 is 1.53 bits per heavy atom. The molecule has 1 unspecified atom stereocenters. The van der Waals surface area contributed by atoms with Crippen LogP contribution in [0.2, 0.25) is 0 Å². The lowest BCUT2D eigenvalue weighted by Crippen LogP contribution is -2.36. The number of rotatable bonds is 7. The normalized spacial score (nSPS) is 12.5. The van der Waals surface area contributed by atoms with Crippen LogP contribution in [0.4, 0.5) is 5.82 Å². The molecule has 0 radical (unpaired) electrons. The van der Waals surface area contributed by atoms with E-state index in [4.69, 9.17) is 9.84 Å². The predicted molar refractivity (Wildman–Crippen MR) is 69.1 cm³/mol. The smallest absolute Gasteiger partial charge is 0.129 e. The maximum atomic E-state index is 9.14. The summed E-state index contributed by atoms with van der Waals surface area (Å²) in [7, 11) is 1.70. The fourth-order valence-electron chi connectivity index (χ4n) is 1.69. The zero-order valence-electron chi connectivity index (χ0n) is 10.9. The maximum Gasteiger partial charge on any atom is 0.129 e. The molecule has 96 valence electrons. The molecule has 0 bridgehead atoms. The quantitative estimate of drug-likeness (QED) is 0.787. The van der Waals surface area contributed by atoms with E-state index in [1.54, 1.807) is 13.3 Å². The Labute approximate surface area is 103 Å². The molecule has 0 aliphatic rings. The minimum Gasteiger partial charge on any atom is -0.392 e. The Balaban J connectivity index is 2.86. The van der Waals surface area contributed by atoms with Crippen LogP contribution in [0.15, 0.2) is 18.3 Å². The molecule has 0 spiro atoms. The molecule has 1 heterocycles. The number of methoxy groups -OCH3 is 1. The Morgan fingerprint density at radius 3 is 2.88 bits per heavy atom. The van der Waals surface area contributed by atoms with Crippen LogP contribution in [0.3, 0.4) is 0 Å². The molecule has 0 amide bonds. The van der Waals surface area contributed by atoms with Crippen LogP contribution in [0.1, 0.15) is 25.8 Å². The van der Waals surface area contributed by atoms with E-state index < -0.39 is 0 Å². The van der Waals surface area contributed by atoms with Gasteiger partial charge in [-0.2, -0.15) is 0 Å². The van der Waals surface area contributed by atoms with E-state index in [0.29, 0.717) is 12.6 Å². The van der Waals surface area contributed by atoms with Crippen LogP contribution >= 0.6 is 0 Å². The first-order valence-corrected chi connectivity index (χ1v) is 6.04. The van der Waals surface area contributed by atoms with Crippen LogP contribution in [0.25, 0.3) is 0 Å². The Bertz CT molecular complexity index is 331. The van der Waals surface area contributed by atoms with Crippen molar-refractivity contribution in [3.8, 4) is 0 Å². The summed E-state index contributed by atoms with van der Waals surface area (Å²) in [5.74, 6) is 0.906. The van der Waals surface area contributed by atoms with Gasteiger partial charge in [-0.15, -0.1) is 0 Å². The van der Waals surface area contributed by atoms with E-state index >= 15 is 0 Å². The van der Waals surface area contributed by atoms with Crippen LogP contribution in [0, 0.1) is 0 Å². The molecule has 0 aliphatic carbocycles. The second-order valence-electron chi connectivity index (χ2n) is 4.12. The topological polar surface area (TPSA) is 45.6 Å². The average molecular weight is 238 g/mol. The lowest BCUT2D eigenvalue weighted by Gasteiger charge is -2.29. The highest BCUT2D eigenvalue weighted by Crippen LogP contribution is 2.17. The number of aromatic nitrogens is 1. The first kappa shape index (κ1) is 13.9. The van der Waals surface area contributed by atoms with Crippen molar-refractivity contribution in [3.63, 3.8) is 0 Å². The van der Waals surface area contributed by atoms with Crippen molar-refractivity contribution in [2.75, 3.05) is 25.2 Å². The lowest BCUT2D eigenvalue weighted by molar-refractivity contribution is 0.203. The van der Waals surface area contributed by atoms with Crippen molar-refractivity contribution < 1.29 is 9.84 Å². The highest BCUT2D eigenvalue weighted by molar-refractivity contribution is 5.41. The van der Waals surface area contributed by atoms with E-state index in [9.17, 15) is 0 Å². The van der Waals surface area contributed by atoms with Crippen LogP contribution in [-0.4, -0.2) is 36.4 Å². The second kappa shape index (κ2) is 7.25. The van der Waals surface area contributed by atoms with Gasteiger partial charge in [0.2, 0.25) is 0 Å². The van der Waals surface area contributed by atoms with Gasteiger partial charge in [-0.3, -0.25) is 0 Å². The summed E-state index contributed by atoms with van der Waals surface area (Å²) in [6.07, 6.45) is 2.79. The minimum atomic E-state index is 0.0497. The molecule has 0 aromatic carbocycles.